The van der Waals surface area contributed by atoms with E-state index in [4.69, 9.17) is 19.9 Å². The van der Waals surface area contributed by atoms with Crippen molar-refractivity contribution in [2.75, 3.05) is 13.7 Å². The van der Waals surface area contributed by atoms with Gasteiger partial charge in [0.1, 0.15) is 24.0 Å². The number of rotatable bonds is 10. The fourth-order valence-corrected chi connectivity index (χ4v) is 6.10. The van der Waals surface area contributed by atoms with Crippen molar-refractivity contribution in [3.05, 3.63) is 47.7 Å². The molecule has 3 heterocycles. The number of carbonyl (C=O) groups excluding carboxylic acids is 2. The quantitative estimate of drug-likeness (QED) is 0.251. The van der Waals surface area contributed by atoms with Crippen LogP contribution in [0.15, 0.2) is 36.4 Å². The summed E-state index contributed by atoms with van der Waals surface area (Å²) in [7, 11) is 1.50. The Morgan fingerprint density at radius 3 is 2.56 bits per heavy atom. The molecule has 0 radical (unpaired) electrons. The number of amides is 2. The van der Waals surface area contributed by atoms with Crippen molar-refractivity contribution in [1.29, 1.82) is 0 Å². The minimum absolute atomic E-state index is 0.0243. The van der Waals surface area contributed by atoms with Crippen molar-refractivity contribution in [3.63, 3.8) is 0 Å². The van der Waals surface area contributed by atoms with E-state index in [1.165, 1.54) is 23.8 Å². The molecule has 0 unspecified atom stereocenters. The normalized spacial score (nSPS) is 21.6. The maximum atomic E-state index is 13.8. The first-order valence-corrected chi connectivity index (χ1v) is 13.8. The van der Waals surface area contributed by atoms with Crippen LogP contribution in [0.25, 0.3) is 16.4 Å². The third kappa shape index (κ3) is 5.31. The van der Waals surface area contributed by atoms with Gasteiger partial charge in [-0.1, -0.05) is 6.07 Å². The monoisotopic (exact) mass is 598 g/mol. The SMILES string of the molecule is COc1cccc2c(C(N)=O)c(OC3CC4(CC(NC(=O)c5nn(C(F)F)c6cc(OCC(C)(C)O)ccc56)C4)C3)nn12. The molecule has 2 aliphatic rings. The summed E-state index contributed by atoms with van der Waals surface area (Å²) >= 11 is 0. The number of pyridine rings is 1. The van der Waals surface area contributed by atoms with E-state index < -0.39 is 24.0 Å². The molecular formula is C29H32F2N6O6. The summed E-state index contributed by atoms with van der Waals surface area (Å²) in [5, 5.41) is 21.4. The molecule has 4 aromatic rings. The zero-order chi connectivity index (χ0) is 30.7. The number of primary amides is 1. The number of aromatic nitrogens is 4. The fraction of sp³-hybridized carbons (Fsp3) is 0.448. The van der Waals surface area contributed by atoms with Gasteiger partial charge in [0.2, 0.25) is 11.8 Å². The summed E-state index contributed by atoms with van der Waals surface area (Å²) in [5.74, 6) is -0.333. The highest BCUT2D eigenvalue weighted by Crippen LogP contribution is 2.57. The molecule has 14 heteroatoms. The topological polar surface area (TPSA) is 155 Å². The number of nitrogens with two attached hydrogens (primary N) is 1. The lowest BCUT2D eigenvalue weighted by molar-refractivity contribution is -0.0849. The highest BCUT2D eigenvalue weighted by molar-refractivity contribution is 6.05. The van der Waals surface area contributed by atoms with E-state index in [2.05, 4.69) is 15.5 Å². The first kappa shape index (κ1) is 28.6. The van der Waals surface area contributed by atoms with Crippen molar-refractivity contribution in [3.8, 4) is 17.5 Å². The van der Waals surface area contributed by atoms with Gasteiger partial charge >= 0.3 is 6.55 Å². The minimum Gasteiger partial charge on any atom is -0.491 e. The third-order valence-electron chi connectivity index (χ3n) is 8.01. The van der Waals surface area contributed by atoms with Crippen LogP contribution in [0.5, 0.6) is 17.5 Å². The van der Waals surface area contributed by atoms with Crippen LogP contribution in [0.3, 0.4) is 0 Å². The van der Waals surface area contributed by atoms with Crippen LogP contribution in [0.1, 0.15) is 66.9 Å². The molecule has 12 nitrogen and oxygen atoms in total. The predicted molar refractivity (Wildman–Crippen MR) is 150 cm³/mol. The lowest BCUT2D eigenvalue weighted by Crippen LogP contribution is -2.58. The number of nitrogens with zero attached hydrogens (tertiary/aromatic N) is 4. The van der Waals surface area contributed by atoms with Gasteiger partial charge in [0, 0.05) is 23.6 Å². The maximum Gasteiger partial charge on any atom is 0.333 e. The molecule has 2 aliphatic carbocycles. The molecule has 2 saturated carbocycles. The van der Waals surface area contributed by atoms with Crippen LogP contribution in [-0.4, -0.2) is 67.8 Å². The molecule has 2 amide bonds. The Morgan fingerprint density at radius 1 is 1.16 bits per heavy atom. The van der Waals surface area contributed by atoms with Crippen LogP contribution in [0.4, 0.5) is 8.78 Å². The second-order valence-corrected chi connectivity index (χ2v) is 12.0. The van der Waals surface area contributed by atoms with E-state index in [9.17, 15) is 23.5 Å². The Morgan fingerprint density at radius 2 is 1.91 bits per heavy atom. The first-order chi connectivity index (χ1) is 20.4. The number of ether oxygens (including phenoxy) is 3. The minimum atomic E-state index is -2.96. The van der Waals surface area contributed by atoms with Crippen LogP contribution in [-0.2, 0) is 0 Å². The molecule has 1 aromatic carbocycles. The summed E-state index contributed by atoms with van der Waals surface area (Å²) in [6.07, 6.45) is 2.63. The van der Waals surface area contributed by atoms with E-state index in [0.717, 1.165) is 0 Å². The highest BCUT2D eigenvalue weighted by atomic mass is 19.3. The molecule has 0 saturated heterocycles. The summed E-state index contributed by atoms with van der Waals surface area (Å²) < 4.78 is 46.4. The van der Waals surface area contributed by atoms with Gasteiger partial charge in [0.05, 0.1) is 23.7 Å². The number of methoxy groups -OCH3 is 1. The van der Waals surface area contributed by atoms with Crippen molar-refractivity contribution in [2.24, 2.45) is 11.1 Å². The summed E-state index contributed by atoms with van der Waals surface area (Å²) in [4.78, 5) is 25.3. The Kier molecular flexibility index (Phi) is 6.91. The van der Waals surface area contributed by atoms with Gasteiger partial charge in [-0.25, -0.2) is 4.68 Å². The number of hydrogen-bond donors (Lipinski definition) is 3. The Hall–Kier alpha value is -4.46. The lowest BCUT2D eigenvalue weighted by atomic mass is 9.53. The van der Waals surface area contributed by atoms with Gasteiger partial charge in [-0.05, 0) is 63.1 Å². The van der Waals surface area contributed by atoms with Crippen molar-refractivity contribution in [1.82, 2.24) is 24.7 Å². The van der Waals surface area contributed by atoms with E-state index in [-0.39, 0.29) is 58.0 Å². The van der Waals surface area contributed by atoms with E-state index in [1.54, 1.807) is 38.1 Å². The van der Waals surface area contributed by atoms with Gasteiger partial charge in [-0.3, -0.25) is 9.59 Å². The standard InChI is InChI=1S/C29H32F2N6O6/c1-28(2,40)14-42-16-7-8-18-20(9-16)37(27(30)31)34-23(18)25(39)33-15-10-29(11-15)12-17(13-29)43-26-22(24(32)38)19-5-4-6-21(41-3)36(19)35-26/h4-9,15,17,27,40H,10-14H2,1-3H3,(H2,32,38)(H,33,39). The average molecular weight is 599 g/mol. The van der Waals surface area contributed by atoms with Gasteiger partial charge in [-0.15, -0.1) is 5.10 Å². The smallest absolute Gasteiger partial charge is 0.333 e. The fourth-order valence-electron chi connectivity index (χ4n) is 6.10. The molecule has 1 spiro atoms. The molecule has 43 heavy (non-hydrogen) atoms. The summed E-state index contributed by atoms with van der Waals surface area (Å²) in [5.41, 5.74) is 5.13. The number of halogens is 2. The van der Waals surface area contributed by atoms with E-state index >= 15 is 0 Å². The molecule has 3 aromatic heterocycles. The first-order valence-electron chi connectivity index (χ1n) is 13.8. The summed E-state index contributed by atoms with van der Waals surface area (Å²) in [6, 6.07) is 9.46. The third-order valence-corrected chi connectivity index (χ3v) is 8.01. The summed E-state index contributed by atoms with van der Waals surface area (Å²) in [6.45, 7) is 0.135. The molecule has 228 valence electrons. The van der Waals surface area contributed by atoms with Crippen LogP contribution in [0.2, 0.25) is 0 Å². The number of fused-ring (bicyclic) bond motifs is 2. The highest BCUT2D eigenvalue weighted by Gasteiger charge is 2.54. The largest absolute Gasteiger partial charge is 0.491 e. The zero-order valence-corrected chi connectivity index (χ0v) is 23.8. The zero-order valence-electron chi connectivity index (χ0n) is 23.8. The van der Waals surface area contributed by atoms with Gasteiger partial charge in [0.25, 0.3) is 11.8 Å². The number of benzene rings is 1. The second-order valence-electron chi connectivity index (χ2n) is 12.0. The molecule has 0 aliphatic heterocycles. The number of aliphatic hydroxyl groups is 1. The van der Waals surface area contributed by atoms with Crippen LogP contribution < -0.4 is 25.3 Å². The van der Waals surface area contributed by atoms with Crippen molar-refractivity contribution >= 4 is 28.2 Å². The van der Waals surface area contributed by atoms with E-state index in [0.29, 0.717) is 41.8 Å². The maximum absolute atomic E-state index is 13.8. The van der Waals surface area contributed by atoms with Crippen molar-refractivity contribution in [2.45, 2.75) is 63.8 Å². The number of carbonyl (C=O) groups is 2. The Bertz CT molecular complexity index is 1710. The predicted octanol–water partition coefficient (Wildman–Crippen LogP) is 3.46. The molecule has 0 bridgehead atoms. The molecule has 4 N–H and O–H groups in total. The number of alkyl halides is 2. The Labute approximate surface area is 244 Å². The van der Waals surface area contributed by atoms with Crippen LogP contribution in [0, 0.1) is 5.41 Å². The average Bonchev–Trinajstić information content (AvgIpc) is 3.47. The van der Waals surface area contributed by atoms with Crippen molar-refractivity contribution < 1.29 is 37.7 Å². The molecule has 6 rings (SSSR count). The Balaban J connectivity index is 1.09. The van der Waals surface area contributed by atoms with Gasteiger partial charge < -0.3 is 30.4 Å². The van der Waals surface area contributed by atoms with Crippen LogP contribution >= 0.6 is 0 Å². The molecule has 0 atom stereocenters. The van der Waals surface area contributed by atoms with Gasteiger partial charge in [0.15, 0.2) is 5.69 Å². The van der Waals surface area contributed by atoms with Gasteiger partial charge in [-0.2, -0.15) is 18.4 Å². The van der Waals surface area contributed by atoms with E-state index in [1.807, 2.05) is 0 Å². The number of nitrogens with one attached hydrogen (secondary N) is 1. The number of hydrogen-bond acceptors (Lipinski definition) is 8. The lowest BCUT2D eigenvalue weighted by Gasteiger charge is -2.57. The molecular weight excluding hydrogens is 566 g/mol. The second kappa shape index (κ2) is 10.4. The molecule has 2 fully saturated rings.